The van der Waals surface area contributed by atoms with Crippen molar-refractivity contribution in [2.24, 2.45) is 17.1 Å². The van der Waals surface area contributed by atoms with Gasteiger partial charge in [0, 0.05) is 32.6 Å². The number of halogens is 1. The van der Waals surface area contributed by atoms with Crippen LogP contribution in [0.4, 0.5) is 0 Å². The molecule has 1 saturated heterocycles. The molecular weight excluding hydrogens is 382 g/mol. The molecule has 2 atom stereocenters. The number of carbonyl (C=O) groups excluding carboxylic acids is 2. The summed E-state index contributed by atoms with van der Waals surface area (Å²) in [5, 5.41) is 9.70. The Labute approximate surface area is 171 Å². The first-order valence-corrected chi connectivity index (χ1v) is 9.46. The summed E-state index contributed by atoms with van der Waals surface area (Å²) in [6.45, 7) is 1.93. The normalized spacial score (nSPS) is 23.6. The van der Waals surface area contributed by atoms with Crippen molar-refractivity contribution in [1.29, 1.82) is 0 Å². The minimum Gasteiger partial charge on any atom is -0.481 e. The molecule has 0 radical (unpaired) electrons. The lowest BCUT2D eigenvalue weighted by Crippen LogP contribution is -2.42. The number of benzene rings is 1. The fourth-order valence-electron chi connectivity index (χ4n) is 4.50. The summed E-state index contributed by atoms with van der Waals surface area (Å²) < 4.78 is 0. The number of aliphatic carboxylic acids is 1. The van der Waals surface area contributed by atoms with E-state index in [2.05, 4.69) is 0 Å². The van der Waals surface area contributed by atoms with E-state index in [1.54, 1.807) is 4.90 Å². The second kappa shape index (κ2) is 9.39. The van der Waals surface area contributed by atoms with Crippen LogP contribution in [0.25, 0.3) is 0 Å². The standard InChI is InChI=1S/C20H27N3O4.ClH/c21-17(24)8-10-23(11-15-5-2-1-3-6-15)18(25)13-22-12-16-7-4-9-20(16,14-22)19(26)27;/h1-3,5-6,16H,4,7-14H2,(H2,21,24)(H,26,27);1H/t16-,20+;/m0./s1. The molecule has 2 fully saturated rings. The summed E-state index contributed by atoms with van der Waals surface area (Å²) in [6, 6.07) is 9.59. The average Bonchev–Trinajstić information content (AvgIpc) is 3.17. The summed E-state index contributed by atoms with van der Waals surface area (Å²) in [6.07, 6.45) is 2.65. The molecule has 3 rings (SSSR count). The van der Waals surface area contributed by atoms with Crippen molar-refractivity contribution in [3.63, 3.8) is 0 Å². The average molecular weight is 410 g/mol. The Bertz CT molecular complexity index is 715. The predicted octanol–water partition coefficient (Wildman–Crippen LogP) is 1.50. The maximum absolute atomic E-state index is 12.9. The van der Waals surface area contributed by atoms with Gasteiger partial charge in [0.1, 0.15) is 0 Å². The SMILES string of the molecule is Cl.NC(=O)CCN(Cc1ccccc1)C(=O)CN1C[C@@H]2CCC[C@@]2(C(=O)O)C1. The first-order chi connectivity index (χ1) is 12.9. The first-order valence-electron chi connectivity index (χ1n) is 9.46. The Morgan fingerprint density at radius 3 is 2.57 bits per heavy atom. The fraction of sp³-hybridized carbons (Fsp3) is 0.550. The van der Waals surface area contributed by atoms with Crippen LogP contribution in [0, 0.1) is 11.3 Å². The number of nitrogens with two attached hydrogens (primary N) is 1. The maximum atomic E-state index is 12.9. The maximum Gasteiger partial charge on any atom is 0.311 e. The number of carboxylic acid groups (broad SMARTS) is 1. The van der Waals surface area contributed by atoms with Crippen LogP contribution in [-0.4, -0.2) is 58.9 Å². The molecule has 1 saturated carbocycles. The van der Waals surface area contributed by atoms with Gasteiger partial charge in [-0.15, -0.1) is 12.4 Å². The van der Waals surface area contributed by atoms with Gasteiger partial charge in [-0.25, -0.2) is 0 Å². The molecule has 2 amide bonds. The van der Waals surface area contributed by atoms with Crippen molar-refractivity contribution in [2.75, 3.05) is 26.2 Å². The van der Waals surface area contributed by atoms with E-state index >= 15 is 0 Å². The summed E-state index contributed by atoms with van der Waals surface area (Å²) in [7, 11) is 0. The third-order valence-corrected chi connectivity index (χ3v) is 5.92. The number of primary amides is 1. The second-order valence-electron chi connectivity index (χ2n) is 7.74. The molecule has 1 heterocycles. The van der Waals surface area contributed by atoms with Gasteiger partial charge < -0.3 is 15.7 Å². The highest BCUT2D eigenvalue weighted by molar-refractivity contribution is 5.85. The van der Waals surface area contributed by atoms with E-state index in [0.29, 0.717) is 26.1 Å². The molecule has 28 heavy (non-hydrogen) atoms. The minimum atomic E-state index is -0.741. The van der Waals surface area contributed by atoms with Gasteiger partial charge in [0.05, 0.1) is 12.0 Å². The summed E-state index contributed by atoms with van der Waals surface area (Å²) in [5.41, 5.74) is 5.54. The molecule has 1 aliphatic carbocycles. The highest BCUT2D eigenvalue weighted by Crippen LogP contribution is 2.48. The van der Waals surface area contributed by atoms with Crippen LogP contribution in [0.15, 0.2) is 30.3 Å². The van der Waals surface area contributed by atoms with Crippen LogP contribution in [0.2, 0.25) is 0 Å². The van der Waals surface area contributed by atoms with Gasteiger partial charge in [0.2, 0.25) is 11.8 Å². The van der Waals surface area contributed by atoms with Crippen LogP contribution in [0.5, 0.6) is 0 Å². The van der Waals surface area contributed by atoms with Gasteiger partial charge in [-0.05, 0) is 24.3 Å². The van der Waals surface area contributed by atoms with Gasteiger partial charge in [-0.3, -0.25) is 19.3 Å². The topological polar surface area (TPSA) is 104 Å². The molecule has 3 N–H and O–H groups in total. The quantitative estimate of drug-likeness (QED) is 0.677. The molecule has 2 aliphatic rings. The Balaban J connectivity index is 0.00000280. The number of carbonyl (C=O) groups is 3. The zero-order chi connectivity index (χ0) is 19.4. The molecule has 154 valence electrons. The molecule has 1 aliphatic heterocycles. The lowest BCUT2D eigenvalue weighted by atomic mass is 9.81. The van der Waals surface area contributed by atoms with Crippen LogP contribution in [0.3, 0.4) is 0 Å². The van der Waals surface area contributed by atoms with E-state index in [4.69, 9.17) is 5.73 Å². The van der Waals surface area contributed by atoms with E-state index in [1.165, 1.54) is 0 Å². The molecule has 7 nitrogen and oxygen atoms in total. The molecule has 1 aromatic rings. The van der Waals surface area contributed by atoms with Gasteiger partial charge in [-0.2, -0.15) is 0 Å². The van der Waals surface area contributed by atoms with Crippen LogP contribution >= 0.6 is 12.4 Å². The van der Waals surface area contributed by atoms with Crippen molar-refractivity contribution in [1.82, 2.24) is 9.80 Å². The monoisotopic (exact) mass is 409 g/mol. The zero-order valence-electron chi connectivity index (χ0n) is 15.9. The van der Waals surface area contributed by atoms with Gasteiger partial charge in [0.25, 0.3) is 0 Å². The van der Waals surface area contributed by atoms with Gasteiger partial charge in [0.15, 0.2) is 0 Å². The van der Waals surface area contributed by atoms with E-state index in [0.717, 1.165) is 18.4 Å². The number of hydrogen-bond acceptors (Lipinski definition) is 4. The van der Waals surface area contributed by atoms with Gasteiger partial charge in [-0.1, -0.05) is 36.8 Å². The van der Waals surface area contributed by atoms with E-state index in [9.17, 15) is 19.5 Å². The van der Waals surface area contributed by atoms with Crippen molar-refractivity contribution < 1.29 is 19.5 Å². The van der Waals surface area contributed by atoms with Crippen molar-refractivity contribution in [3.8, 4) is 0 Å². The van der Waals surface area contributed by atoms with E-state index in [-0.39, 0.29) is 43.7 Å². The van der Waals surface area contributed by atoms with Crippen LogP contribution in [-0.2, 0) is 20.9 Å². The van der Waals surface area contributed by atoms with Crippen molar-refractivity contribution in [3.05, 3.63) is 35.9 Å². The molecule has 8 heteroatoms. The molecule has 0 spiro atoms. The summed E-state index contributed by atoms with van der Waals surface area (Å²) >= 11 is 0. The molecular formula is C20H28ClN3O4. The van der Waals surface area contributed by atoms with Crippen LogP contribution < -0.4 is 5.73 Å². The first kappa shape index (κ1) is 22.2. The molecule has 0 bridgehead atoms. The lowest BCUT2D eigenvalue weighted by Gasteiger charge is -2.26. The third-order valence-electron chi connectivity index (χ3n) is 5.92. The number of rotatable bonds is 8. The predicted molar refractivity (Wildman–Crippen MR) is 107 cm³/mol. The Morgan fingerprint density at radius 2 is 1.96 bits per heavy atom. The number of carboxylic acids is 1. The summed E-state index contributed by atoms with van der Waals surface area (Å²) in [4.78, 5) is 39.5. The molecule has 0 aromatic heterocycles. The second-order valence-corrected chi connectivity index (χ2v) is 7.74. The Kier molecular flexibility index (Phi) is 7.43. The highest BCUT2D eigenvalue weighted by atomic mass is 35.5. The molecule has 0 unspecified atom stereocenters. The van der Waals surface area contributed by atoms with Crippen molar-refractivity contribution in [2.45, 2.75) is 32.2 Å². The number of fused-ring (bicyclic) bond motifs is 1. The van der Waals surface area contributed by atoms with E-state index in [1.807, 2.05) is 35.2 Å². The van der Waals surface area contributed by atoms with Gasteiger partial charge >= 0.3 is 5.97 Å². The van der Waals surface area contributed by atoms with E-state index < -0.39 is 17.3 Å². The third kappa shape index (κ3) is 4.83. The Hall–Kier alpha value is -2.12. The summed E-state index contributed by atoms with van der Waals surface area (Å²) in [5.74, 6) is -1.16. The lowest BCUT2D eigenvalue weighted by molar-refractivity contribution is -0.149. The zero-order valence-corrected chi connectivity index (χ0v) is 16.7. The number of likely N-dealkylation sites (tertiary alicyclic amines) is 1. The van der Waals surface area contributed by atoms with Crippen LogP contribution in [0.1, 0.15) is 31.2 Å². The minimum absolute atomic E-state index is 0. The largest absolute Gasteiger partial charge is 0.481 e. The number of nitrogens with zero attached hydrogens (tertiary/aromatic N) is 2. The van der Waals surface area contributed by atoms with Crippen molar-refractivity contribution >= 4 is 30.2 Å². The number of hydrogen-bond donors (Lipinski definition) is 2. The molecule has 1 aromatic carbocycles. The fourth-order valence-corrected chi connectivity index (χ4v) is 4.50. The smallest absolute Gasteiger partial charge is 0.311 e. The Morgan fingerprint density at radius 1 is 1.25 bits per heavy atom. The number of amides is 2. The highest BCUT2D eigenvalue weighted by Gasteiger charge is 2.54.